The smallest absolute Gasteiger partial charge is 0.189 e. The molecule has 1 heterocycles. The van der Waals surface area contributed by atoms with Crippen LogP contribution in [-0.4, -0.2) is 16.5 Å². The molecule has 0 aliphatic heterocycles. The van der Waals surface area contributed by atoms with Crippen molar-refractivity contribution in [3.05, 3.63) is 52.3 Å². The summed E-state index contributed by atoms with van der Waals surface area (Å²) in [5.41, 5.74) is 5.84. The lowest BCUT2D eigenvalue weighted by molar-refractivity contribution is 0.101. The molecule has 1 aromatic carbocycles. The van der Waals surface area contributed by atoms with E-state index < -0.39 is 0 Å². The fraction of sp³-hybridized carbons (Fsp3) is 0.312. The second-order valence-electron chi connectivity index (χ2n) is 4.89. The van der Waals surface area contributed by atoms with Crippen LogP contribution in [0.2, 0.25) is 0 Å². The van der Waals surface area contributed by atoms with Crippen molar-refractivity contribution in [2.45, 2.75) is 32.6 Å². The molecular formula is C16H19NOS. The summed E-state index contributed by atoms with van der Waals surface area (Å²) in [6.07, 6.45) is 1.78. The van der Waals surface area contributed by atoms with Crippen LogP contribution in [0.5, 0.6) is 0 Å². The highest BCUT2D eigenvalue weighted by molar-refractivity contribution is 8.00. The Balaban J connectivity index is 2.18. The lowest BCUT2D eigenvalue weighted by atomic mass is 10.0. The number of carbonyl (C=O) groups excluding carboxylic acids is 1. The van der Waals surface area contributed by atoms with E-state index in [0.29, 0.717) is 11.4 Å². The van der Waals surface area contributed by atoms with E-state index in [2.05, 4.69) is 38.7 Å². The summed E-state index contributed by atoms with van der Waals surface area (Å²) in [7, 11) is 0. The highest BCUT2D eigenvalue weighted by Crippen LogP contribution is 2.31. The van der Waals surface area contributed by atoms with Crippen LogP contribution >= 0.6 is 11.8 Å². The first-order valence-corrected chi connectivity index (χ1v) is 7.36. The second kappa shape index (κ2) is 5.66. The maximum absolute atomic E-state index is 12.0. The van der Waals surface area contributed by atoms with Crippen LogP contribution in [0.1, 0.15) is 32.7 Å². The predicted molar refractivity (Wildman–Crippen MR) is 81.2 cm³/mol. The summed E-state index contributed by atoms with van der Waals surface area (Å²) in [6, 6.07) is 5.89. The number of carbonyl (C=O) groups is 1. The van der Waals surface area contributed by atoms with Gasteiger partial charge in [-0.1, -0.05) is 6.07 Å². The normalized spacial score (nSPS) is 10.7. The quantitative estimate of drug-likeness (QED) is 0.668. The van der Waals surface area contributed by atoms with Gasteiger partial charge in [0.25, 0.3) is 0 Å². The number of H-pyrrole nitrogens is 1. The summed E-state index contributed by atoms with van der Waals surface area (Å²) in [4.78, 5) is 16.2. The Bertz CT molecular complexity index is 573. The second-order valence-corrected chi connectivity index (χ2v) is 5.87. The van der Waals surface area contributed by atoms with E-state index in [0.717, 1.165) is 0 Å². The molecule has 0 bridgehead atoms. The Morgan fingerprint density at radius 1 is 1.16 bits per heavy atom. The van der Waals surface area contributed by atoms with Gasteiger partial charge in [0.2, 0.25) is 0 Å². The number of aromatic amines is 1. The lowest BCUT2D eigenvalue weighted by Crippen LogP contribution is -2.04. The maximum Gasteiger partial charge on any atom is 0.189 e. The van der Waals surface area contributed by atoms with E-state index >= 15 is 0 Å². The molecule has 0 fully saturated rings. The number of aryl methyl sites for hydroxylation is 2. The van der Waals surface area contributed by atoms with E-state index in [1.54, 1.807) is 18.0 Å². The lowest BCUT2D eigenvalue weighted by Gasteiger charge is -2.14. The number of Topliss-reactive ketones (excluding diaryl/α,β-unsaturated/α-hetero) is 1. The zero-order chi connectivity index (χ0) is 14.0. The van der Waals surface area contributed by atoms with Gasteiger partial charge in [-0.05, 0) is 62.1 Å². The maximum atomic E-state index is 12.0. The number of thioether (sulfide) groups is 1. The van der Waals surface area contributed by atoms with Crippen LogP contribution in [0.25, 0.3) is 0 Å². The van der Waals surface area contributed by atoms with Crippen LogP contribution in [0, 0.1) is 27.7 Å². The molecule has 19 heavy (non-hydrogen) atoms. The molecule has 1 N–H and O–H groups in total. The van der Waals surface area contributed by atoms with Crippen molar-refractivity contribution in [1.29, 1.82) is 0 Å². The Morgan fingerprint density at radius 3 is 2.32 bits per heavy atom. The van der Waals surface area contributed by atoms with Gasteiger partial charge < -0.3 is 4.98 Å². The highest BCUT2D eigenvalue weighted by atomic mass is 32.2. The molecule has 0 saturated carbocycles. The number of nitrogens with one attached hydrogen (secondary N) is 1. The monoisotopic (exact) mass is 273 g/mol. The van der Waals surface area contributed by atoms with Gasteiger partial charge in [0.1, 0.15) is 0 Å². The fourth-order valence-corrected chi connectivity index (χ4v) is 3.30. The number of aromatic nitrogens is 1. The van der Waals surface area contributed by atoms with Crippen molar-refractivity contribution in [3.8, 4) is 0 Å². The van der Waals surface area contributed by atoms with Crippen molar-refractivity contribution in [3.63, 3.8) is 0 Å². The summed E-state index contributed by atoms with van der Waals surface area (Å²) >= 11 is 1.64. The molecule has 1 aromatic heterocycles. The summed E-state index contributed by atoms with van der Waals surface area (Å²) < 4.78 is 0. The van der Waals surface area contributed by atoms with Gasteiger partial charge in [-0.15, -0.1) is 11.8 Å². The van der Waals surface area contributed by atoms with Gasteiger partial charge in [0, 0.05) is 11.1 Å². The first kappa shape index (κ1) is 13.9. The van der Waals surface area contributed by atoms with Gasteiger partial charge in [-0.2, -0.15) is 0 Å². The van der Waals surface area contributed by atoms with E-state index in [4.69, 9.17) is 0 Å². The summed E-state index contributed by atoms with van der Waals surface area (Å²) in [5.74, 6) is 0.624. The third-order valence-electron chi connectivity index (χ3n) is 3.54. The number of hydrogen-bond donors (Lipinski definition) is 1. The van der Waals surface area contributed by atoms with E-state index in [9.17, 15) is 4.79 Å². The van der Waals surface area contributed by atoms with Crippen LogP contribution in [0.15, 0.2) is 29.3 Å². The molecule has 0 aliphatic rings. The minimum absolute atomic E-state index is 0.146. The number of hydrogen-bond acceptors (Lipinski definition) is 2. The van der Waals surface area contributed by atoms with E-state index in [1.165, 1.54) is 27.1 Å². The average molecular weight is 273 g/mol. The Morgan fingerprint density at radius 2 is 1.79 bits per heavy atom. The van der Waals surface area contributed by atoms with Gasteiger partial charge in [-0.25, -0.2) is 0 Å². The standard InChI is InChI=1S/C16H19NOS/c1-10-8-11(2)13(4)16(12(10)3)19-9-15(18)14-6-5-7-17-14/h5-8,17H,9H2,1-4H3. The molecule has 0 aliphatic carbocycles. The zero-order valence-electron chi connectivity index (χ0n) is 11.8. The molecule has 0 atom stereocenters. The van der Waals surface area contributed by atoms with Crippen molar-refractivity contribution < 1.29 is 4.79 Å². The van der Waals surface area contributed by atoms with Crippen molar-refractivity contribution >= 4 is 17.5 Å². The fourth-order valence-electron chi connectivity index (χ4n) is 2.12. The van der Waals surface area contributed by atoms with Crippen LogP contribution < -0.4 is 0 Å². The molecule has 0 amide bonds. The Hall–Kier alpha value is -1.48. The van der Waals surface area contributed by atoms with Crippen molar-refractivity contribution in [2.24, 2.45) is 0 Å². The third-order valence-corrected chi connectivity index (χ3v) is 4.85. The molecular weight excluding hydrogens is 254 g/mol. The molecule has 3 heteroatoms. The van der Waals surface area contributed by atoms with Gasteiger partial charge in [0.05, 0.1) is 11.4 Å². The largest absolute Gasteiger partial charge is 0.359 e. The third kappa shape index (κ3) is 2.92. The Labute approximate surface area is 118 Å². The molecule has 0 spiro atoms. The molecule has 0 unspecified atom stereocenters. The van der Waals surface area contributed by atoms with Gasteiger partial charge in [-0.3, -0.25) is 4.79 Å². The Kier molecular flexibility index (Phi) is 4.15. The van der Waals surface area contributed by atoms with Crippen LogP contribution in [0.4, 0.5) is 0 Å². The van der Waals surface area contributed by atoms with Gasteiger partial charge in [0.15, 0.2) is 5.78 Å². The van der Waals surface area contributed by atoms with E-state index in [1.807, 2.05) is 12.1 Å². The molecule has 2 rings (SSSR count). The average Bonchev–Trinajstić information content (AvgIpc) is 2.90. The number of rotatable bonds is 4. The molecule has 0 radical (unpaired) electrons. The van der Waals surface area contributed by atoms with Crippen molar-refractivity contribution in [2.75, 3.05) is 5.75 Å². The minimum atomic E-state index is 0.146. The van der Waals surface area contributed by atoms with Gasteiger partial charge >= 0.3 is 0 Å². The minimum Gasteiger partial charge on any atom is -0.359 e. The van der Waals surface area contributed by atoms with E-state index in [-0.39, 0.29) is 5.78 Å². The van der Waals surface area contributed by atoms with Crippen molar-refractivity contribution in [1.82, 2.24) is 4.98 Å². The zero-order valence-corrected chi connectivity index (χ0v) is 12.6. The summed E-state index contributed by atoms with van der Waals surface area (Å²) in [6.45, 7) is 8.50. The first-order valence-electron chi connectivity index (χ1n) is 6.37. The highest BCUT2D eigenvalue weighted by Gasteiger charge is 2.12. The predicted octanol–water partition coefficient (Wildman–Crippen LogP) is 4.22. The van der Waals surface area contributed by atoms with Crippen LogP contribution in [0.3, 0.4) is 0 Å². The molecule has 100 valence electrons. The molecule has 2 nitrogen and oxygen atoms in total. The summed E-state index contributed by atoms with van der Waals surface area (Å²) in [5, 5.41) is 0. The van der Waals surface area contributed by atoms with Crippen LogP contribution in [-0.2, 0) is 0 Å². The molecule has 0 saturated heterocycles. The molecule has 2 aromatic rings. The number of ketones is 1. The number of benzene rings is 1. The topological polar surface area (TPSA) is 32.9 Å². The first-order chi connectivity index (χ1) is 9.00. The SMILES string of the molecule is Cc1cc(C)c(C)c(SCC(=O)c2ccc[nH]2)c1C.